The van der Waals surface area contributed by atoms with Gasteiger partial charge in [0.1, 0.15) is 6.04 Å². The quantitative estimate of drug-likeness (QED) is 0.714. The zero-order valence-electron chi connectivity index (χ0n) is 13.4. The van der Waals surface area contributed by atoms with Gasteiger partial charge >= 0.3 is 0 Å². The second-order valence-electron chi connectivity index (χ2n) is 6.06. The van der Waals surface area contributed by atoms with E-state index in [-0.39, 0.29) is 0 Å². The van der Waals surface area contributed by atoms with Crippen LogP contribution in [0.3, 0.4) is 0 Å². The molecular weight excluding hydrogens is 320 g/mol. The number of rotatable bonds is 6. The molecule has 2 aromatic heterocycles. The third kappa shape index (κ3) is 3.18. The first kappa shape index (κ1) is 15.3. The number of thiophene rings is 1. The number of aromatic nitrogens is 4. The van der Waals surface area contributed by atoms with Crippen molar-refractivity contribution in [3.05, 3.63) is 52.7 Å². The number of anilines is 1. The minimum Gasteiger partial charge on any atom is -0.346 e. The highest BCUT2D eigenvalue weighted by Gasteiger charge is 2.28. The van der Waals surface area contributed by atoms with Gasteiger partial charge in [-0.2, -0.15) is 4.68 Å². The molecule has 0 bridgehead atoms. The van der Waals surface area contributed by atoms with Gasteiger partial charge in [0.05, 0.1) is 30.2 Å². The number of tetrazole rings is 1. The summed E-state index contributed by atoms with van der Waals surface area (Å²) in [5, 5.41) is 17.7. The van der Waals surface area contributed by atoms with E-state index in [1.807, 2.05) is 41.7 Å². The molecule has 7 heteroatoms. The third-order valence-corrected chi connectivity index (χ3v) is 5.55. The van der Waals surface area contributed by atoms with Gasteiger partial charge in [-0.1, -0.05) is 29.4 Å². The van der Waals surface area contributed by atoms with Crippen molar-refractivity contribution in [2.24, 2.45) is 0 Å². The van der Waals surface area contributed by atoms with Crippen LogP contribution in [-0.4, -0.2) is 39.8 Å². The molecule has 6 nitrogen and oxygen atoms in total. The maximum atomic E-state index is 4.16. The fourth-order valence-electron chi connectivity index (χ4n) is 3.35. The number of likely N-dealkylation sites (tertiary alicyclic amines) is 1. The van der Waals surface area contributed by atoms with Crippen LogP contribution in [0, 0.1) is 0 Å². The van der Waals surface area contributed by atoms with E-state index < -0.39 is 0 Å². The van der Waals surface area contributed by atoms with E-state index in [1.54, 1.807) is 9.58 Å². The summed E-state index contributed by atoms with van der Waals surface area (Å²) in [6, 6.07) is 14.8. The van der Waals surface area contributed by atoms with Crippen LogP contribution in [0.25, 0.3) is 5.69 Å². The summed E-state index contributed by atoms with van der Waals surface area (Å²) in [5.74, 6) is 0.696. The maximum Gasteiger partial charge on any atom is 0.247 e. The zero-order chi connectivity index (χ0) is 16.2. The first-order chi connectivity index (χ1) is 11.9. The summed E-state index contributed by atoms with van der Waals surface area (Å²) >= 11 is 1.84. The lowest BCUT2D eigenvalue weighted by molar-refractivity contribution is -0.917. The minimum absolute atomic E-state index is 0.452. The van der Waals surface area contributed by atoms with Crippen molar-refractivity contribution in [1.29, 1.82) is 0 Å². The van der Waals surface area contributed by atoms with Crippen LogP contribution >= 0.6 is 11.3 Å². The van der Waals surface area contributed by atoms with E-state index >= 15 is 0 Å². The van der Waals surface area contributed by atoms with Crippen LogP contribution in [0.5, 0.6) is 0 Å². The molecule has 0 unspecified atom stereocenters. The van der Waals surface area contributed by atoms with Crippen LogP contribution in [0.2, 0.25) is 0 Å². The van der Waals surface area contributed by atoms with Crippen molar-refractivity contribution < 1.29 is 4.90 Å². The summed E-state index contributed by atoms with van der Waals surface area (Å²) in [4.78, 5) is 3.09. The Kier molecular flexibility index (Phi) is 4.53. The van der Waals surface area contributed by atoms with Gasteiger partial charge in [-0.05, 0) is 34.0 Å². The monoisotopic (exact) mass is 341 g/mol. The highest BCUT2D eigenvalue weighted by molar-refractivity contribution is 7.10. The molecule has 3 heterocycles. The van der Waals surface area contributed by atoms with Crippen molar-refractivity contribution in [3.63, 3.8) is 0 Å². The summed E-state index contributed by atoms with van der Waals surface area (Å²) in [7, 11) is 0. The summed E-state index contributed by atoms with van der Waals surface area (Å²) < 4.78 is 1.75. The number of hydrogen-bond donors (Lipinski definition) is 2. The molecule has 0 radical (unpaired) electrons. The van der Waals surface area contributed by atoms with Crippen LogP contribution in [-0.2, 0) is 0 Å². The molecule has 3 aromatic rings. The molecule has 1 aliphatic heterocycles. The second kappa shape index (κ2) is 7.11. The van der Waals surface area contributed by atoms with Crippen LogP contribution in [0.1, 0.15) is 23.8 Å². The zero-order valence-corrected chi connectivity index (χ0v) is 14.2. The smallest absolute Gasteiger partial charge is 0.247 e. The average molecular weight is 341 g/mol. The molecule has 1 atom stereocenters. The molecule has 4 rings (SSSR count). The van der Waals surface area contributed by atoms with Crippen molar-refractivity contribution in [2.45, 2.75) is 18.9 Å². The molecular formula is C17H21N6S+. The molecule has 1 aliphatic rings. The number of nitrogens with one attached hydrogen (secondary N) is 2. The second-order valence-corrected chi connectivity index (χ2v) is 7.04. The molecule has 124 valence electrons. The Morgan fingerprint density at radius 2 is 1.96 bits per heavy atom. The highest BCUT2D eigenvalue weighted by Crippen LogP contribution is 2.19. The number of nitrogens with zero attached hydrogens (tertiary/aromatic N) is 4. The Bertz CT molecular complexity index is 749. The topological polar surface area (TPSA) is 60.1 Å². The fraction of sp³-hybridized carbons (Fsp3) is 0.353. The first-order valence-corrected chi connectivity index (χ1v) is 9.25. The molecule has 0 amide bonds. The normalized spacial score (nSPS) is 16.3. The maximum absolute atomic E-state index is 4.16. The largest absolute Gasteiger partial charge is 0.346 e. The Labute approximate surface area is 145 Å². The van der Waals surface area contributed by atoms with Crippen LogP contribution in [0.15, 0.2) is 47.8 Å². The van der Waals surface area contributed by atoms with Gasteiger partial charge in [-0.25, -0.2) is 0 Å². The molecule has 24 heavy (non-hydrogen) atoms. The Morgan fingerprint density at radius 3 is 2.71 bits per heavy atom. The summed E-state index contributed by atoms with van der Waals surface area (Å²) in [6.07, 6.45) is 2.64. The predicted molar refractivity (Wildman–Crippen MR) is 94.6 cm³/mol. The summed E-state index contributed by atoms with van der Waals surface area (Å²) in [5.41, 5.74) is 0.964. The molecule has 1 aromatic carbocycles. The lowest BCUT2D eigenvalue weighted by Crippen LogP contribution is -3.10. The first-order valence-electron chi connectivity index (χ1n) is 8.37. The highest BCUT2D eigenvalue weighted by atomic mass is 32.1. The van der Waals surface area contributed by atoms with E-state index in [9.17, 15) is 0 Å². The molecule has 1 fully saturated rings. The lowest BCUT2D eigenvalue weighted by atomic mass is 10.2. The van der Waals surface area contributed by atoms with Crippen molar-refractivity contribution in [3.8, 4) is 5.69 Å². The van der Waals surface area contributed by atoms with Gasteiger partial charge in [-0.3, -0.25) is 0 Å². The van der Waals surface area contributed by atoms with Gasteiger partial charge in [0, 0.05) is 12.8 Å². The minimum atomic E-state index is 0.452. The van der Waals surface area contributed by atoms with Gasteiger partial charge in [0.2, 0.25) is 5.95 Å². The van der Waals surface area contributed by atoms with E-state index in [4.69, 9.17) is 0 Å². The Morgan fingerprint density at radius 1 is 1.12 bits per heavy atom. The molecule has 2 N–H and O–H groups in total. The average Bonchev–Trinajstić information content (AvgIpc) is 3.39. The van der Waals surface area contributed by atoms with E-state index in [0.29, 0.717) is 12.0 Å². The fourth-order valence-corrected chi connectivity index (χ4v) is 4.23. The van der Waals surface area contributed by atoms with Gasteiger partial charge in [0.25, 0.3) is 0 Å². The number of benzene rings is 1. The van der Waals surface area contributed by atoms with Crippen molar-refractivity contribution in [1.82, 2.24) is 20.2 Å². The SMILES string of the molecule is c1ccc(-n2nnnc2NC[C@@H](c2cccs2)[NH+]2CCCC2)cc1. The van der Waals surface area contributed by atoms with E-state index in [2.05, 4.69) is 38.4 Å². The summed E-state index contributed by atoms with van der Waals surface area (Å²) in [6.45, 7) is 3.32. The number of hydrogen-bond acceptors (Lipinski definition) is 5. The van der Waals surface area contributed by atoms with Crippen LogP contribution < -0.4 is 10.2 Å². The number of para-hydroxylation sites is 1. The van der Waals surface area contributed by atoms with E-state index in [1.165, 1.54) is 30.8 Å². The van der Waals surface area contributed by atoms with Crippen molar-refractivity contribution in [2.75, 3.05) is 25.0 Å². The van der Waals surface area contributed by atoms with Crippen LogP contribution in [0.4, 0.5) is 5.95 Å². The predicted octanol–water partition coefficient (Wildman–Crippen LogP) is 1.56. The third-order valence-electron chi connectivity index (χ3n) is 4.56. The molecule has 1 saturated heterocycles. The molecule has 0 spiro atoms. The van der Waals surface area contributed by atoms with E-state index in [0.717, 1.165) is 12.2 Å². The standard InChI is InChI=1S/C17H20N6S/c1-2-7-14(8-3-1)23-17(19-20-21-23)18-13-15(16-9-6-12-24-16)22-10-4-5-11-22/h1-3,6-9,12,15H,4-5,10-11,13H2,(H,18,19,21)/p+1/t15-/m0/s1. The molecule has 0 saturated carbocycles. The molecule has 0 aliphatic carbocycles. The Hall–Kier alpha value is -2.25. The Balaban J connectivity index is 1.52. The van der Waals surface area contributed by atoms with Crippen molar-refractivity contribution >= 4 is 17.3 Å². The van der Waals surface area contributed by atoms with Gasteiger partial charge in [-0.15, -0.1) is 11.3 Å². The lowest BCUT2D eigenvalue weighted by Gasteiger charge is -2.24. The van der Waals surface area contributed by atoms with Gasteiger partial charge in [0.15, 0.2) is 0 Å². The van der Waals surface area contributed by atoms with Gasteiger partial charge < -0.3 is 10.2 Å². The number of quaternary nitrogens is 1.